The van der Waals surface area contributed by atoms with E-state index in [-0.39, 0.29) is 0 Å². The number of hydrogen-bond acceptors (Lipinski definition) is 2. The first-order chi connectivity index (χ1) is 8.31. The van der Waals surface area contributed by atoms with Gasteiger partial charge in [0.15, 0.2) is 0 Å². The summed E-state index contributed by atoms with van der Waals surface area (Å²) in [7, 11) is 0. The minimum Gasteiger partial charge on any atom is -0.376 e. The second-order valence-corrected chi connectivity index (χ2v) is 6.06. The Bertz CT molecular complexity index is 201. The lowest BCUT2D eigenvalue weighted by atomic mass is 9.80. The summed E-state index contributed by atoms with van der Waals surface area (Å²) in [6.45, 7) is 1.01. The lowest BCUT2D eigenvalue weighted by Crippen LogP contribution is -2.52. The van der Waals surface area contributed by atoms with Gasteiger partial charge in [0.25, 0.3) is 0 Å². The molecule has 0 amide bonds. The van der Waals surface area contributed by atoms with Gasteiger partial charge in [0.1, 0.15) is 5.72 Å². The smallest absolute Gasteiger partial charge is 0.118 e. The van der Waals surface area contributed by atoms with Crippen molar-refractivity contribution < 1.29 is 5.11 Å². The third kappa shape index (κ3) is 3.96. The first-order valence-corrected chi connectivity index (χ1v) is 7.79. The van der Waals surface area contributed by atoms with Crippen molar-refractivity contribution in [2.75, 3.05) is 6.54 Å². The standard InChI is InChI=1S/C15H29NO/c17-15(12-8-4-5-9-13-16-15)14-10-6-2-1-3-7-11-14/h14,16-17H,1-13H2. The maximum Gasteiger partial charge on any atom is 0.118 e. The summed E-state index contributed by atoms with van der Waals surface area (Å²) in [5.41, 5.74) is -0.544. The molecule has 1 saturated heterocycles. The van der Waals surface area contributed by atoms with Crippen molar-refractivity contribution in [3.8, 4) is 0 Å². The van der Waals surface area contributed by atoms with Crippen molar-refractivity contribution in [3.05, 3.63) is 0 Å². The zero-order valence-electron chi connectivity index (χ0n) is 11.2. The van der Waals surface area contributed by atoms with E-state index in [1.54, 1.807) is 0 Å². The second kappa shape index (κ2) is 6.75. The second-order valence-electron chi connectivity index (χ2n) is 6.06. The summed E-state index contributed by atoms with van der Waals surface area (Å²) in [6.07, 6.45) is 15.2. The summed E-state index contributed by atoms with van der Waals surface area (Å²) in [5, 5.41) is 14.4. The number of aliphatic hydroxyl groups is 1. The summed E-state index contributed by atoms with van der Waals surface area (Å²) < 4.78 is 0. The monoisotopic (exact) mass is 239 g/mol. The Balaban J connectivity index is 1.94. The van der Waals surface area contributed by atoms with Crippen molar-refractivity contribution in [1.29, 1.82) is 0 Å². The molecule has 1 unspecified atom stereocenters. The van der Waals surface area contributed by atoms with E-state index in [4.69, 9.17) is 0 Å². The van der Waals surface area contributed by atoms with Crippen LogP contribution in [0, 0.1) is 5.92 Å². The Morgan fingerprint density at radius 2 is 1.35 bits per heavy atom. The summed E-state index contributed by atoms with van der Waals surface area (Å²) in [5.74, 6) is 0.501. The Morgan fingerprint density at radius 3 is 2.12 bits per heavy atom. The fraction of sp³-hybridized carbons (Fsp3) is 1.00. The van der Waals surface area contributed by atoms with Crippen molar-refractivity contribution in [1.82, 2.24) is 5.32 Å². The van der Waals surface area contributed by atoms with E-state index in [2.05, 4.69) is 5.32 Å². The molecule has 0 aromatic rings. The van der Waals surface area contributed by atoms with Gasteiger partial charge in [0.05, 0.1) is 0 Å². The highest BCUT2D eigenvalue weighted by Gasteiger charge is 2.35. The maximum absolute atomic E-state index is 10.9. The summed E-state index contributed by atoms with van der Waals surface area (Å²) in [6, 6.07) is 0. The van der Waals surface area contributed by atoms with Crippen LogP contribution < -0.4 is 5.32 Å². The fourth-order valence-corrected chi connectivity index (χ4v) is 3.55. The molecule has 2 N–H and O–H groups in total. The van der Waals surface area contributed by atoms with E-state index in [0.29, 0.717) is 5.92 Å². The first-order valence-electron chi connectivity index (χ1n) is 7.79. The molecular weight excluding hydrogens is 210 g/mol. The van der Waals surface area contributed by atoms with Crippen LogP contribution in [0.15, 0.2) is 0 Å². The minimum absolute atomic E-state index is 0.501. The zero-order valence-corrected chi connectivity index (χ0v) is 11.2. The van der Waals surface area contributed by atoms with Gasteiger partial charge in [0.2, 0.25) is 0 Å². The van der Waals surface area contributed by atoms with Crippen LogP contribution in [-0.4, -0.2) is 17.4 Å². The summed E-state index contributed by atoms with van der Waals surface area (Å²) in [4.78, 5) is 0. The van der Waals surface area contributed by atoms with Gasteiger partial charge in [-0.05, 0) is 38.6 Å². The van der Waals surface area contributed by atoms with Gasteiger partial charge in [-0.1, -0.05) is 44.9 Å². The van der Waals surface area contributed by atoms with Crippen LogP contribution in [0.25, 0.3) is 0 Å². The van der Waals surface area contributed by atoms with Crippen molar-refractivity contribution in [2.24, 2.45) is 5.92 Å². The molecule has 1 heterocycles. The van der Waals surface area contributed by atoms with Gasteiger partial charge in [-0.25, -0.2) is 0 Å². The zero-order chi connectivity index (χ0) is 12.0. The van der Waals surface area contributed by atoms with E-state index in [0.717, 1.165) is 13.0 Å². The highest BCUT2D eigenvalue weighted by atomic mass is 16.3. The van der Waals surface area contributed by atoms with Crippen LogP contribution in [0.4, 0.5) is 0 Å². The van der Waals surface area contributed by atoms with E-state index in [1.165, 1.54) is 70.6 Å². The molecule has 17 heavy (non-hydrogen) atoms. The maximum atomic E-state index is 10.9. The van der Waals surface area contributed by atoms with E-state index >= 15 is 0 Å². The van der Waals surface area contributed by atoms with Crippen LogP contribution >= 0.6 is 0 Å². The van der Waals surface area contributed by atoms with Crippen LogP contribution in [0.5, 0.6) is 0 Å². The lowest BCUT2D eigenvalue weighted by Gasteiger charge is -2.39. The highest BCUT2D eigenvalue weighted by molar-refractivity contribution is 4.86. The average Bonchev–Trinajstić information content (AvgIpc) is 2.23. The third-order valence-electron chi connectivity index (χ3n) is 4.70. The van der Waals surface area contributed by atoms with Gasteiger partial charge in [-0.15, -0.1) is 0 Å². The largest absolute Gasteiger partial charge is 0.376 e. The third-order valence-corrected chi connectivity index (χ3v) is 4.70. The molecule has 0 spiro atoms. The molecule has 0 aromatic carbocycles. The highest BCUT2D eigenvalue weighted by Crippen LogP contribution is 2.33. The van der Waals surface area contributed by atoms with Gasteiger partial charge in [-0.2, -0.15) is 0 Å². The molecule has 2 fully saturated rings. The number of hydrogen-bond donors (Lipinski definition) is 2. The molecule has 0 bridgehead atoms. The number of nitrogens with one attached hydrogen (secondary N) is 1. The molecule has 1 aliphatic carbocycles. The van der Waals surface area contributed by atoms with Gasteiger partial charge in [0, 0.05) is 5.92 Å². The molecule has 0 aromatic heterocycles. The minimum atomic E-state index is -0.544. The quantitative estimate of drug-likeness (QED) is 0.733. The average molecular weight is 239 g/mol. The molecule has 2 rings (SSSR count). The molecule has 1 aliphatic heterocycles. The Hall–Kier alpha value is -0.0800. The molecule has 2 nitrogen and oxygen atoms in total. The van der Waals surface area contributed by atoms with Crippen LogP contribution in [0.3, 0.4) is 0 Å². The SMILES string of the molecule is OC1(C2CCCCCCC2)CCCCCCN1. The van der Waals surface area contributed by atoms with Gasteiger partial charge in [-0.3, -0.25) is 5.32 Å². The molecular formula is C15H29NO. The van der Waals surface area contributed by atoms with Gasteiger partial charge >= 0.3 is 0 Å². The molecule has 100 valence electrons. The molecule has 2 heteroatoms. The van der Waals surface area contributed by atoms with Crippen LogP contribution in [0.1, 0.15) is 77.0 Å². The Kier molecular flexibility index (Phi) is 5.30. The molecule has 1 saturated carbocycles. The Labute approximate surface area is 106 Å². The van der Waals surface area contributed by atoms with E-state index in [1.807, 2.05) is 0 Å². The topological polar surface area (TPSA) is 32.3 Å². The molecule has 2 aliphatic rings. The first kappa shape index (κ1) is 13.4. The van der Waals surface area contributed by atoms with Crippen molar-refractivity contribution >= 4 is 0 Å². The molecule has 0 radical (unpaired) electrons. The normalized spacial score (nSPS) is 34.4. The van der Waals surface area contributed by atoms with E-state index < -0.39 is 5.72 Å². The predicted molar refractivity (Wildman–Crippen MR) is 71.8 cm³/mol. The fourth-order valence-electron chi connectivity index (χ4n) is 3.55. The predicted octanol–water partition coefficient (Wildman–Crippen LogP) is 3.59. The van der Waals surface area contributed by atoms with Crippen LogP contribution in [-0.2, 0) is 0 Å². The lowest BCUT2D eigenvalue weighted by molar-refractivity contribution is -0.0697. The van der Waals surface area contributed by atoms with Gasteiger partial charge < -0.3 is 5.11 Å². The summed E-state index contributed by atoms with van der Waals surface area (Å²) >= 11 is 0. The number of rotatable bonds is 1. The van der Waals surface area contributed by atoms with Crippen LogP contribution in [0.2, 0.25) is 0 Å². The molecule has 1 atom stereocenters. The van der Waals surface area contributed by atoms with Crippen molar-refractivity contribution in [2.45, 2.75) is 82.8 Å². The van der Waals surface area contributed by atoms with E-state index in [9.17, 15) is 5.11 Å². The van der Waals surface area contributed by atoms with Crippen molar-refractivity contribution in [3.63, 3.8) is 0 Å². The Morgan fingerprint density at radius 1 is 0.765 bits per heavy atom.